The number of rotatable bonds is 9. The highest BCUT2D eigenvalue weighted by Crippen LogP contribution is 2.29. The molecule has 1 atom stereocenters. The number of fused-ring (bicyclic) bond motifs is 1. The first-order valence-corrected chi connectivity index (χ1v) is 11.5. The van der Waals surface area contributed by atoms with E-state index in [1.807, 2.05) is 32.8 Å². The highest BCUT2D eigenvalue weighted by Gasteiger charge is 2.28. The van der Waals surface area contributed by atoms with Gasteiger partial charge < -0.3 is 19.3 Å². The molecular weight excluding hydrogens is 456 g/mol. The number of halogens is 1. The van der Waals surface area contributed by atoms with Crippen LogP contribution in [0.1, 0.15) is 36.1 Å². The first-order valence-electron chi connectivity index (χ1n) is 11.1. The molecule has 0 aliphatic carbocycles. The van der Waals surface area contributed by atoms with Crippen LogP contribution in [0.3, 0.4) is 0 Å². The van der Waals surface area contributed by atoms with Crippen LogP contribution in [0.15, 0.2) is 41.2 Å². The van der Waals surface area contributed by atoms with Gasteiger partial charge in [-0.2, -0.15) is 0 Å². The largest absolute Gasteiger partial charge is 0.497 e. The van der Waals surface area contributed by atoms with Gasteiger partial charge >= 0.3 is 0 Å². The zero-order valence-electron chi connectivity index (χ0n) is 20.5. The number of nitrogens with zero attached hydrogens (tertiary/aromatic N) is 4. The van der Waals surface area contributed by atoms with Gasteiger partial charge in [0.2, 0.25) is 0 Å². The second-order valence-electron chi connectivity index (χ2n) is 8.22. The summed E-state index contributed by atoms with van der Waals surface area (Å²) in [7, 11) is 6.96. The summed E-state index contributed by atoms with van der Waals surface area (Å²) in [5, 5.41) is 0.987. The Morgan fingerprint density at radius 3 is 2.47 bits per heavy atom. The van der Waals surface area contributed by atoms with E-state index >= 15 is 0 Å². The minimum Gasteiger partial charge on any atom is -0.497 e. The molecule has 8 nitrogen and oxygen atoms in total. The maximum atomic E-state index is 13.8. The van der Waals surface area contributed by atoms with E-state index in [2.05, 4.69) is 0 Å². The predicted octanol–water partition coefficient (Wildman–Crippen LogP) is 3.85. The SMILES string of the molecule is CCn1c(C(C)N(CCN(C)C)C(=O)c2ccc(OC)cc2OC)nc2cc(Cl)ccc2c1=O. The van der Waals surface area contributed by atoms with Crippen molar-refractivity contribution in [1.29, 1.82) is 0 Å². The van der Waals surface area contributed by atoms with Crippen LogP contribution in [-0.4, -0.2) is 66.7 Å². The number of carbonyl (C=O) groups excluding carboxylic acids is 1. The Labute approximate surface area is 204 Å². The van der Waals surface area contributed by atoms with Crippen molar-refractivity contribution in [2.45, 2.75) is 26.4 Å². The molecule has 0 N–H and O–H groups in total. The molecule has 0 saturated carbocycles. The summed E-state index contributed by atoms with van der Waals surface area (Å²) in [5.41, 5.74) is 0.752. The fourth-order valence-electron chi connectivity index (χ4n) is 3.88. The van der Waals surface area contributed by atoms with E-state index in [9.17, 15) is 9.59 Å². The lowest BCUT2D eigenvalue weighted by Gasteiger charge is -2.32. The lowest BCUT2D eigenvalue weighted by atomic mass is 10.1. The van der Waals surface area contributed by atoms with Crippen LogP contribution < -0.4 is 15.0 Å². The number of hydrogen-bond donors (Lipinski definition) is 0. The van der Waals surface area contributed by atoms with Gasteiger partial charge in [0, 0.05) is 30.7 Å². The quantitative estimate of drug-likeness (QED) is 0.457. The van der Waals surface area contributed by atoms with Gasteiger partial charge in [0.05, 0.1) is 36.7 Å². The summed E-state index contributed by atoms with van der Waals surface area (Å²) >= 11 is 6.17. The smallest absolute Gasteiger partial charge is 0.261 e. The van der Waals surface area contributed by atoms with E-state index < -0.39 is 6.04 Å². The van der Waals surface area contributed by atoms with Crippen molar-refractivity contribution in [3.8, 4) is 11.5 Å². The van der Waals surface area contributed by atoms with Crippen LogP contribution >= 0.6 is 11.6 Å². The number of hydrogen-bond acceptors (Lipinski definition) is 6. The van der Waals surface area contributed by atoms with E-state index in [4.69, 9.17) is 26.1 Å². The predicted molar refractivity (Wildman–Crippen MR) is 134 cm³/mol. The summed E-state index contributed by atoms with van der Waals surface area (Å²) in [6, 6.07) is 9.64. The fourth-order valence-corrected chi connectivity index (χ4v) is 4.05. The Hall–Kier alpha value is -3.10. The lowest BCUT2D eigenvalue weighted by Crippen LogP contribution is -2.41. The Balaban J connectivity index is 2.14. The maximum absolute atomic E-state index is 13.8. The summed E-state index contributed by atoms with van der Waals surface area (Å²) in [6.07, 6.45) is 0. The molecule has 0 fully saturated rings. The van der Waals surface area contributed by atoms with Gasteiger partial charge in [-0.15, -0.1) is 0 Å². The number of likely N-dealkylation sites (N-methyl/N-ethyl adjacent to an activating group) is 1. The van der Waals surface area contributed by atoms with Crippen molar-refractivity contribution in [2.24, 2.45) is 0 Å². The molecule has 9 heteroatoms. The zero-order chi connectivity index (χ0) is 25.0. The molecule has 1 heterocycles. The van der Waals surface area contributed by atoms with E-state index in [1.54, 1.807) is 53.0 Å². The monoisotopic (exact) mass is 486 g/mol. The summed E-state index contributed by atoms with van der Waals surface area (Å²) in [5.74, 6) is 1.28. The van der Waals surface area contributed by atoms with Crippen LogP contribution in [-0.2, 0) is 6.54 Å². The highest BCUT2D eigenvalue weighted by atomic mass is 35.5. The lowest BCUT2D eigenvalue weighted by molar-refractivity contribution is 0.0661. The molecule has 1 unspecified atom stereocenters. The van der Waals surface area contributed by atoms with Gasteiger partial charge in [-0.25, -0.2) is 4.98 Å². The average Bonchev–Trinajstić information content (AvgIpc) is 2.82. The van der Waals surface area contributed by atoms with Gasteiger partial charge in [-0.05, 0) is 58.3 Å². The Kier molecular flexibility index (Phi) is 8.17. The molecule has 182 valence electrons. The molecule has 34 heavy (non-hydrogen) atoms. The van der Waals surface area contributed by atoms with E-state index in [-0.39, 0.29) is 11.5 Å². The van der Waals surface area contributed by atoms with Crippen molar-refractivity contribution in [1.82, 2.24) is 19.4 Å². The molecule has 3 aromatic rings. The number of amides is 1. The van der Waals surface area contributed by atoms with Gasteiger partial charge in [-0.1, -0.05) is 11.6 Å². The molecule has 0 spiro atoms. The summed E-state index contributed by atoms with van der Waals surface area (Å²) in [6.45, 7) is 5.25. The number of benzene rings is 2. The Bertz CT molecular complexity index is 1240. The number of aromatic nitrogens is 2. The molecule has 3 rings (SSSR count). The minimum atomic E-state index is -0.490. The summed E-state index contributed by atoms with van der Waals surface area (Å²) < 4.78 is 12.4. The highest BCUT2D eigenvalue weighted by molar-refractivity contribution is 6.31. The van der Waals surface area contributed by atoms with Gasteiger partial charge in [0.1, 0.15) is 17.3 Å². The number of carbonyl (C=O) groups is 1. The van der Waals surface area contributed by atoms with E-state index in [0.717, 1.165) is 0 Å². The molecule has 0 radical (unpaired) electrons. The van der Waals surface area contributed by atoms with Crippen LogP contribution in [0.5, 0.6) is 11.5 Å². The van der Waals surface area contributed by atoms with E-state index in [1.165, 1.54) is 7.11 Å². The second kappa shape index (κ2) is 10.9. The molecule has 0 bridgehead atoms. The number of ether oxygens (including phenoxy) is 2. The molecule has 1 amide bonds. The molecule has 2 aromatic carbocycles. The van der Waals surface area contributed by atoms with Crippen LogP contribution in [0, 0.1) is 0 Å². The van der Waals surface area contributed by atoms with Crippen LogP contribution in [0.25, 0.3) is 10.9 Å². The third-order valence-electron chi connectivity index (χ3n) is 5.79. The Morgan fingerprint density at radius 2 is 1.85 bits per heavy atom. The van der Waals surface area contributed by atoms with Gasteiger partial charge in [0.25, 0.3) is 11.5 Å². The first-order chi connectivity index (χ1) is 16.2. The van der Waals surface area contributed by atoms with Crippen molar-refractivity contribution in [3.63, 3.8) is 0 Å². The molecular formula is C25H31ClN4O4. The first kappa shape index (κ1) is 25.5. The Morgan fingerprint density at radius 1 is 1.12 bits per heavy atom. The molecule has 0 saturated heterocycles. The molecule has 0 aliphatic rings. The standard InChI is InChI=1S/C25H31ClN4O4/c1-7-29-23(27-21-14-17(26)8-10-19(21)24(29)31)16(2)30(13-12-28(3)4)25(32)20-11-9-18(33-5)15-22(20)34-6/h8-11,14-16H,7,12-13H2,1-6H3. The summed E-state index contributed by atoms with van der Waals surface area (Å²) in [4.78, 5) is 35.5. The average molecular weight is 487 g/mol. The third kappa shape index (κ3) is 5.18. The van der Waals surface area contributed by atoms with Crippen molar-refractivity contribution in [2.75, 3.05) is 41.4 Å². The number of methoxy groups -OCH3 is 2. The molecule has 1 aromatic heterocycles. The second-order valence-corrected chi connectivity index (χ2v) is 8.66. The van der Waals surface area contributed by atoms with E-state index in [0.29, 0.717) is 58.4 Å². The van der Waals surface area contributed by atoms with Crippen molar-refractivity contribution < 1.29 is 14.3 Å². The topological polar surface area (TPSA) is 76.9 Å². The molecule has 0 aliphatic heterocycles. The van der Waals surface area contributed by atoms with Gasteiger partial charge in [0.15, 0.2) is 0 Å². The normalized spacial score (nSPS) is 12.1. The van der Waals surface area contributed by atoms with Gasteiger partial charge in [-0.3, -0.25) is 14.2 Å². The zero-order valence-corrected chi connectivity index (χ0v) is 21.2. The minimum absolute atomic E-state index is 0.159. The van der Waals surface area contributed by atoms with Crippen molar-refractivity contribution >= 4 is 28.4 Å². The van der Waals surface area contributed by atoms with Crippen LogP contribution in [0.2, 0.25) is 5.02 Å². The van der Waals surface area contributed by atoms with Crippen LogP contribution in [0.4, 0.5) is 0 Å². The maximum Gasteiger partial charge on any atom is 0.261 e. The fraction of sp³-hybridized carbons (Fsp3) is 0.400. The van der Waals surface area contributed by atoms with Crippen molar-refractivity contribution in [3.05, 3.63) is 63.2 Å². The third-order valence-corrected chi connectivity index (χ3v) is 6.03.